The molecule has 2 aromatic rings. The predicted octanol–water partition coefficient (Wildman–Crippen LogP) is 3.33. The Morgan fingerprint density at radius 1 is 1.25 bits per heavy atom. The molecule has 0 aliphatic carbocycles. The molecule has 0 spiro atoms. The first-order valence-corrected chi connectivity index (χ1v) is 8.75. The van der Waals surface area contributed by atoms with Crippen molar-refractivity contribution in [2.45, 2.75) is 26.5 Å². The summed E-state index contributed by atoms with van der Waals surface area (Å²) in [6.45, 7) is 3.96. The Morgan fingerprint density at radius 3 is 2.50 bits per heavy atom. The van der Waals surface area contributed by atoms with Gasteiger partial charge in [-0.2, -0.15) is 0 Å². The molecule has 0 saturated carbocycles. The summed E-state index contributed by atoms with van der Waals surface area (Å²) in [5.41, 5.74) is 1.59. The summed E-state index contributed by atoms with van der Waals surface area (Å²) in [5, 5.41) is 11.1. The number of nitro benzene ring substituents is 1. The second-order valence-corrected chi connectivity index (χ2v) is 6.80. The van der Waals surface area contributed by atoms with E-state index in [0.29, 0.717) is 17.0 Å². The molecule has 1 heterocycles. The van der Waals surface area contributed by atoms with Crippen molar-refractivity contribution in [3.05, 3.63) is 63.7 Å². The van der Waals surface area contributed by atoms with Crippen LogP contribution in [0.3, 0.4) is 0 Å². The van der Waals surface area contributed by atoms with Gasteiger partial charge in [0.25, 0.3) is 11.6 Å². The number of amides is 1. The Labute approximate surface area is 161 Å². The molecule has 0 fully saturated rings. The van der Waals surface area contributed by atoms with Crippen molar-refractivity contribution in [2.24, 2.45) is 5.92 Å². The van der Waals surface area contributed by atoms with Crippen molar-refractivity contribution in [1.82, 2.24) is 0 Å². The number of nitro groups is 1. The molecule has 1 amide bonds. The van der Waals surface area contributed by atoms with Gasteiger partial charge in [-0.15, -0.1) is 0 Å². The summed E-state index contributed by atoms with van der Waals surface area (Å²) in [7, 11) is 1.31. The van der Waals surface area contributed by atoms with Crippen molar-refractivity contribution in [3.8, 4) is 5.75 Å². The minimum atomic E-state index is -0.733. The van der Waals surface area contributed by atoms with E-state index in [4.69, 9.17) is 4.74 Å². The number of anilines is 1. The number of carbonyl (C=O) groups excluding carboxylic acids is 2. The maximum absolute atomic E-state index is 13.0. The van der Waals surface area contributed by atoms with Gasteiger partial charge in [0.15, 0.2) is 11.9 Å². The number of non-ortho nitro benzene ring substituents is 1. The summed E-state index contributed by atoms with van der Waals surface area (Å²) in [6.07, 6.45) is -0.733. The molecule has 1 atom stereocenters. The van der Waals surface area contributed by atoms with Crippen LogP contribution < -0.4 is 9.64 Å². The number of esters is 1. The Hall–Kier alpha value is -3.42. The van der Waals surface area contributed by atoms with Crippen LogP contribution in [0.25, 0.3) is 0 Å². The van der Waals surface area contributed by atoms with E-state index >= 15 is 0 Å². The van der Waals surface area contributed by atoms with Crippen LogP contribution in [0, 0.1) is 16.0 Å². The molecule has 2 aromatic carbocycles. The average molecular weight is 384 g/mol. The molecular formula is C20H20N2O6. The molecule has 1 unspecified atom stereocenters. The van der Waals surface area contributed by atoms with Crippen molar-refractivity contribution in [2.75, 3.05) is 12.0 Å². The third-order valence-corrected chi connectivity index (χ3v) is 4.53. The van der Waals surface area contributed by atoms with Crippen molar-refractivity contribution in [3.63, 3.8) is 0 Å². The van der Waals surface area contributed by atoms with Gasteiger partial charge in [0, 0.05) is 6.07 Å². The molecule has 0 N–H and O–H groups in total. The molecule has 1 aliphatic rings. The van der Waals surface area contributed by atoms with Gasteiger partial charge in [0.05, 0.1) is 35.9 Å². The monoisotopic (exact) mass is 384 g/mol. The number of methoxy groups -OCH3 is 1. The van der Waals surface area contributed by atoms with Gasteiger partial charge in [-0.25, -0.2) is 4.79 Å². The molecule has 0 aromatic heterocycles. The summed E-state index contributed by atoms with van der Waals surface area (Å²) < 4.78 is 10.5. The number of fused-ring (bicyclic) bond motifs is 1. The number of hydrogen-bond acceptors (Lipinski definition) is 6. The zero-order chi connectivity index (χ0) is 20.4. The standard InChI is InChI=1S/C20H20N2O6/c1-12(2)18-19(23)21(11-13-4-6-14(7-5-13)20(24)27-3)16-9-8-15(22(25)26)10-17(16)28-18/h4-10,12,18H,11H2,1-3H3. The lowest BCUT2D eigenvalue weighted by Gasteiger charge is -2.36. The highest BCUT2D eigenvalue weighted by Crippen LogP contribution is 2.39. The van der Waals surface area contributed by atoms with Crippen LogP contribution in [0.15, 0.2) is 42.5 Å². The lowest BCUT2D eigenvalue weighted by Crippen LogP contribution is -2.48. The van der Waals surface area contributed by atoms with Crippen molar-refractivity contribution < 1.29 is 24.0 Å². The minimum absolute atomic E-state index is 0.0991. The summed E-state index contributed by atoms with van der Waals surface area (Å²) in [6, 6.07) is 10.9. The molecule has 146 valence electrons. The number of hydrogen-bond donors (Lipinski definition) is 0. The fourth-order valence-electron chi connectivity index (χ4n) is 3.02. The highest BCUT2D eigenvalue weighted by molar-refractivity contribution is 6.00. The lowest BCUT2D eigenvalue weighted by molar-refractivity contribution is -0.384. The first-order valence-electron chi connectivity index (χ1n) is 8.75. The normalized spacial score (nSPS) is 15.8. The van der Waals surface area contributed by atoms with Gasteiger partial charge in [-0.1, -0.05) is 26.0 Å². The summed E-state index contributed by atoms with van der Waals surface area (Å²) in [4.78, 5) is 36.7. The highest BCUT2D eigenvalue weighted by Gasteiger charge is 2.37. The van der Waals surface area contributed by atoms with Gasteiger partial charge in [-0.3, -0.25) is 14.9 Å². The van der Waals surface area contributed by atoms with Crippen LogP contribution >= 0.6 is 0 Å². The van der Waals surface area contributed by atoms with Crippen LogP contribution in [-0.4, -0.2) is 30.0 Å². The van der Waals surface area contributed by atoms with E-state index in [1.807, 2.05) is 13.8 Å². The van der Waals surface area contributed by atoms with Crippen LogP contribution in [0.5, 0.6) is 5.75 Å². The SMILES string of the molecule is COC(=O)c1ccc(CN2C(=O)C(C(C)C)Oc3cc([N+](=O)[O-])ccc32)cc1. The Bertz CT molecular complexity index is 923. The first-order chi connectivity index (χ1) is 13.3. The summed E-state index contributed by atoms with van der Waals surface area (Å²) in [5.74, 6) is -0.456. The molecule has 8 nitrogen and oxygen atoms in total. The molecular weight excluding hydrogens is 364 g/mol. The van der Waals surface area contributed by atoms with E-state index in [2.05, 4.69) is 4.74 Å². The van der Waals surface area contributed by atoms with E-state index < -0.39 is 17.0 Å². The third-order valence-electron chi connectivity index (χ3n) is 4.53. The Balaban J connectivity index is 1.95. The van der Waals surface area contributed by atoms with E-state index in [-0.39, 0.29) is 24.1 Å². The maximum atomic E-state index is 13.0. The van der Waals surface area contributed by atoms with E-state index in [1.165, 1.54) is 25.3 Å². The minimum Gasteiger partial charge on any atom is -0.478 e. The van der Waals surface area contributed by atoms with E-state index in [0.717, 1.165) is 5.56 Å². The third kappa shape index (κ3) is 3.66. The van der Waals surface area contributed by atoms with Crippen molar-refractivity contribution in [1.29, 1.82) is 0 Å². The molecule has 1 aliphatic heterocycles. The highest BCUT2D eigenvalue weighted by atomic mass is 16.6. The fraction of sp³-hybridized carbons (Fsp3) is 0.300. The molecule has 0 bridgehead atoms. The topological polar surface area (TPSA) is 99.0 Å². The van der Waals surface area contributed by atoms with Crippen LogP contribution in [0.4, 0.5) is 11.4 Å². The molecule has 8 heteroatoms. The van der Waals surface area contributed by atoms with E-state index in [9.17, 15) is 19.7 Å². The second-order valence-electron chi connectivity index (χ2n) is 6.80. The number of carbonyl (C=O) groups is 2. The molecule has 3 rings (SSSR count). The fourth-order valence-corrected chi connectivity index (χ4v) is 3.02. The van der Waals surface area contributed by atoms with Gasteiger partial charge < -0.3 is 14.4 Å². The zero-order valence-corrected chi connectivity index (χ0v) is 15.7. The van der Waals surface area contributed by atoms with Gasteiger partial charge >= 0.3 is 5.97 Å². The smallest absolute Gasteiger partial charge is 0.337 e. The second kappa shape index (κ2) is 7.67. The maximum Gasteiger partial charge on any atom is 0.337 e. The molecule has 0 radical (unpaired) electrons. The first kappa shape index (κ1) is 19.3. The van der Waals surface area contributed by atoms with Gasteiger partial charge in [-0.05, 0) is 29.7 Å². The van der Waals surface area contributed by atoms with E-state index in [1.54, 1.807) is 29.2 Å². The average Bonchev–Trinajstić information content (AvgIpc) is 2.69. The van der Waals surface area contributed by atoms with Crippen LogP contribution in [-0.2, 0) is 16.1 Å². The Morgan fingerprint density at radius 2 is 1.93 bits per heavy atom. The Kier molecular flexibility index (Phi) is 5.30. The number of benzene rings is 2. The predicted molar refractivity (Wildman–Crippen MR) is 101 cm³/mol. The molecule has 28 heavy (non-hydrogen) atoms. The zero-order valence-electron chi connectivity index (χ0n) is 15.7. The van der Waals surface area contributed by atoms with Gasteiger partial charge in [0.2, 0.25) is 0 Å². The van der Waals surface area contributed by atoms with Crippen molar-refractivity contribution >= 4 is 23.3 Å². The number of nitrogens with zero attached hydrogens (tertiary/aromatic N) is 2. The largest absolute Gasteiger partial charge is 0.478 e. The summed E-state index contributed by atoms with van der Waals surface area (Å²) >= 11 is 0. The van der Waals surface area contributed by atoms with Gasteiger partial charge in [0.1, 0.15) is 0 Å². The lowest BCUT2D eigenvalue weighted by atomic mass is 10.0. The number of ether oxygens (including phenoxy) is 2. The quantitative estimate of drug-likeness (QED) is 0.445. The van der Waals surface area contributed by atoms with Crippen LogP contribution in [0.1, 0.15) is 29.8 Å². The molecule has 0 saturated heterocycles. The van der Waals surface area contributed by atoms with Crippen LogP contribution in [0.2, 0.25) is 0 Å². The number of rotatable bonds is 5.